The van der Waals surface area contributed by atoms with Crippen LogP contribution >= 0.6 is 7.26 Å². The Morgan fingerprint density at radius 3 is 1.58 bits per heavy atom. The van der Waals surface area contributed by atoms with Gasteiger partial charge in [0, 0.05) is 0 Å². The predicted molar refractivity (Wildman–Crippen MR) is 142 cm³/mol. The highest BCUT2D eigenvalue weighted by Crippen LogP contribution is 2.55. The molecule has 1 aliphatic heterocycles. The van der Waals surface area contributed by atoms with E-state index in [1.807, 2.05) is 84.9 Å². The first-order valence-corrected chi connectivity index (χ1v) is 13.7. The van der Waals surface area contributed by atoms with Crippen LogP contribution in [0.2, 0.25) is 0 Å². The summed E-state index contributed by atoms with van der Waals surface area (Å²) in [5.74, 6) is -0.196. The van der Waals surface area contributed by atoms with E-state index >= 15 is 0 Å². The zero-order chi connectivity index (χ0) is 24.1. The van der Waals surface area contributed by atoms with Gasteiger partial charge in [0.25, 0.3) is 5.91 Å². The first-order valence-electron chi connectivity index (χ1n) is 11.8. The van der Waals surface area contributed by atoms with Crippen molar-refractivity contribution < 1.29 is 31.3 Å². The second-order valence-electron chi connectivity index (χ2n) is 8.66. The SMILES string of the molecule is O=C(C[P+](c1ccccc1)(c1ccccc1)c1ccccc1)N1C(=O)OC[C@@H]1Cc1ccccc1.[Br-]. The van der Waals surface area contributed by atoms with Gasteiger partial charge in [0.05, 0.1) is 6.04 Å². The van der Waals surface area contributed by atoms with Gasteiger partial charge in [-0.3, -0.25) is 4.79 Å². The van der Waals surface area contributed by atoms with E-state index < -0.39 is 13.4 Å². The molecule has 0 aromatic heterocycles. The topological polar surface area (TPSA) is 46.6 Å². The monoisotopic (exact) mass is 559 g/mol. The van der Waals surface area contributed by atoms with Crippen molar-refractivity contribution in [2.45, 2.75) is 12.5 Å². The standard InChI is InChI=1S/C30H27NO3P.BrH/c32-29(31-25(22-34-30(31)33)21-24-13-5-1-6-14-24)23-35(26-15-7-2-8-16-26,27-17-9-3-10-18-27)28-19-11-4-12-20-28;/h1-20,25H,21-23H2;1H/q+1;/p-1/t25-;/m0./s1. The van der Waals surface area contributed by atoms with E-state index in [9.17, 15) is 9.59 Å². The van der Waals surface area contributed by atoms with E-state index in [0.717, 1.165) is 21.5 Å². The number of ether oxygens (including phenoxy) is 1. The smallest absolute Gasteiger partial charge is 0.417 e. The van der Waals surface area contributed by atoms with Gasteiger partial charge in [-0.25, -0.2) is 9.69 Å². The van der Waals surface area contributed by atoms with Crippen LogP contribution in [-0.4, -0.2) is 35.7 Å². The third-order valence-corrected chi connectivity index (χ3v) is 10.8. The quantitative estimate of drug-likeness (QED) is 0.323. The molecule has 0 bridgehead atoms. The van der Waals surface area contributed by atoms with E-state index in [0.29, 0.717) is 6.42 Å². The van der Waals surface area contributed by atoms with E-state index in [1.165, 1.54) is 4.90 Å². The molecular weight excluding hydrogens is 533 g/mol. The van der Waals surface area contributed by atoms with Crippen LogP contribution in [0.3, 0.4) is 0 Å². The molecule has 4 nitrogen and oxygen atoms in total. The average Bonchev–Trinajstić information content (AvgIpc) is 3.29. The van der Waals surface area contributed by atoms with Gasteiger partial charge in [0.1, 0.15) is 29.8 Å². The molecule has 0 aliphatic carbocycles. The summed E-state index contributed by atoms with van der Waals surface area (Å²) in [6.45, 7) is 0.215. The average molecular weight is 560 g/mol. The Kier molecular flexibility index (Phi) is 8.35. The molecule has 2 amide bonds. The van der Waals surface area contributed by atoms with E-state index in [1.54, 1.807) is 0 Å². The number of nitrogens with zero attached hydrogens (tertiary/aromatic N) is 1. The van der Waals surface area contributed by atoms with E-state index in [-0.39, 0.29) is 41.7 Å². The Morgan fingerprint density at radius 2 is 1.14 bits per heavy atom. The number of carbonyl (C=O) groups excluding carboxylic acids is 2. The molecule has 6 heteroatoms. The number of amides is 2. The van der Waals surface area contributed by atoms with Gasteiger partial charge in [0.2, 0.25) is 0 Å². The lowest BCUT2D eigenvalue weighted by Gasteiger charge is -2.29. The first kappa shape index (κ1) is 25.8. The van der Waals surface area contributed by atoms with Crippen LogP contribution in [-0.2, 0) is 16.0 Å². The maximum absolute atomic E-state index is 14.0. The van der Waals surface area contributed by atoms with Gasteiger partial charge >= 0.3 is 6.09 Å². The second kappa shape index (κ2) is 11.6. The molecule has 182 valence electrons. The van der Waals surface area contributed by atoms with Gasteiger partial charge in [-0.15, -0.1) is 0 Å². The molecule has 1 aliphatic rings. The number of imide groups is 1. The van der Waals surface area contributed by atoms with Crippen LogP contribution in [0.4, 0.5) is 4.79 Å². The third kappa shape index (κ3) is 5.13. The number of hydrogen-bond acceptors (Lipinski definition) is 3. The largest absolute Gasteiger partial charge is 1.00 e. The molecule has 36 heavy (non-hydrogen) atoms. The lowest BCUT2D eigenvalue weighted by atomic mass is 10.1. The Balaban J connectivity index is 0.00000304. The highest BCUT2D eigenvalue weighted by Gasteiger charge is 2.50. The molecular formula is C30H27BrNO3P. The summed E-state index contributed by atoms with van der Waals surface area (Å²) in [6.07, 6.45) is 0.236. The summed E-state index contributed by atoms with van der Waals surface area (Å²) in [5.41, 5.74) is 1.07. The molecule has 5 rings (SSSR count). The second-order valence-corrected chi connectivity index (χ2v) is 12.1. The van der Waals surface area contributed by atoms with Crippen molar-refractivity contribution >= 4 is 35.2 Å². The van der Waals surface area contributed by atoms with Crippen molar-refractivity contribution in [2.24, 2.45) is 0 Å². The number of hydrogen-bond donors (Lipinski definition) is 0. The van der Waals surface area contributed by atoms with Crippen LogP contribution in [0.5, 0.6) is 0 Å². The van der Waals surface area contributed by atoms with Crippen molar-refractivity contribution in [3.05, 3.63) is 127 Å². The molecule has 0 saturated carbocycles. The van der Waals surface area contributed by atoms with Crippen LogP contribution in [0.1, 0.15) is 5.56 Å². The van der Waals surface area contributed by atoms with Crippen LogP contribution in [0.15, 0.2) is 121 Å². The Labute approximate surface area is 223 Å². The highest BCUT2D eigenvalue weighted by molar-refractivity contribution is 7.96. The normalized spacial score (nSPS) is 15.2. The Morgan fingerprint density at radius 1 is 0.722 bits per heavy atom. The molecule has 0 radical (unpaired) electrons. The maximum atomic E-state index is 14.0. The fourth-order valence-corrected chi connectivity index (χ4v) is 8.89. The number of benzene rings is 4. The van der Waals surface area contributed by atoms with Gasteiger partial charge in [0.15, 0.2) is 6.16 Å². The first-order chi connectivity index (χ1) is 17.2. The van der Waals surface area contributed by atoms with Crippen molar-refractivity contribution in [1.29, 1.82) is 0 Å². The van der Waals surface area contributed by atoms with Gasteiger partial charge in [-0.2, -0.15) is 0 Å². The molecule has 0 unspecified atom stereocenters. The van der Waals surface area contributed by atoms with Crippen molar-refractivity contribution in [3.63, 3.8) is 0 Å². The van der Waals surface area contributed by atoms with Crippen molar-refractivity contribution in [1.82, 2.24) is 4.90 Å². The molecule has 1 fully saturated rings. The van der Waals surface area contributed by atoms with Crippen LogP contribution in [0.25, 0.3) is 0 Å². The number of rotatable bonds is 7. The zero-order valence-electron chi connectivity index (χ0n) is 19.7. The van der Waals surface area contributed by atoms with Crippen LogP contribution < -0.4 is 32.9 Å². The van der Waals surface area contributed by atoms with Crippen molar-refractivity contribution in [2.75, 3.05) is 12.8 Å². The van der Waals surface area contributed by atoms with E-state index in [4.69, 9.17) is 4.74 Å². The summed E-state index contributed by atoms with van der Waals surface area (Å²) in [5, 5.41) is 3.33. The fraction of sp³-hybridized carbons (Fsp3) is 0.133. The highest BCUT2D eigenvalue weighted by atomic mass is 79.9. The lowest BCUT2D eigenvalue weighted by molar-refractivity contribution is -0.126. The Hall–Kier alpha value is -3.27. The maximum Gasteiger partial charge on any atom is 0.417 e. The lowest BCUT2D eigenvalue weighted by Crippen LogP contribution is -3.00. The van der Waals surface area contributed by atoms with Gasteiger partial charge in [-0.05, 0) is 48.4 Å². The number of cyclic esters (lactones) is 1. The number of carbonyl (C=O) groups is 2. The summed E-state index contributed by atoms with van der Waals surface area (Å²) < 4.78 is 5.38. The zero-order valence-corrected chi connectivity index (χ0v) is 22.2. The minimum atomic E-state index is -2.40. The summed E-state index contributed by atoms with van der Waals surface area (Å²) in [7, 11) is -2.40. The molecule has 4 aromatic carbocycles. The summed E-state index contributed by atoms with van der Waals surface area (Å²) >= 11 is 0. The number of halogens is 1. The third-order valence-electron chi connectivity index (χ3n) is 6.51. The van der Waals surface area contributed by atoms with Gasteiger partial charge < -0.3 is 21.7 Å². The van der Waals surface area contributed by atoms with E-state index in [2.05, 4.69) is 36.4 Å². The van der Waals surface area contributed by atoms with Crippen molar-refractivity contribution in [3.8, 4) is 0 Å². The minimum Gasteiger partial charge on any atom is -1.00 e. The molecule has 1 saturated heterocycles. The molecule has 0 N–H and O–H groups in total. The predicted octanol–water partition coefficient (Wildman–Crippen LogP) is 1.57. The Bertz CT molecular complexity index is 1190. The molecule has 4 aromatic rings. The summed E-state index contributed by atoms with van der Waals surface area (Å²) in [4.78, 5) is 28.2. The molecule has 1 heterocycles. The van der Waals surface area contributed by atoms with Gasteiger partial charge in [-0.1, -0.05) is 84.9 Å². The summed E-state index contributed by atoms with van der Waals surface area (Å²) in [6, 6.07) is 40.3. The fourth-order valence-electron chi connectivity index (χ4n) is 4.85. The molecule has 1 atom stereocenters. The van der Waals surface area contributed by atoms with Crippen LogP contribution in [0, 0.1) is 0 Å². The molecule has 0 spiro atoms. The minimum absolute atomic E-state index is 0.